The van der Waals surface area contributed by atoms with Crippen molar-refractivity contribution in [3.63, 3.8) is 0 Å². The number of pyridine rings is 1. The molecule has 1 amide bonds. The summed E-state index contributed by atoms with van der Waals surface area (Å²) in [6.07, 6.45) is 0.735. The van der Waals surface area contributed by atoms with Gasteiger partial charge in [0.15, 0.2) is 6.29 Å². The highest BCUT2D eigenvalue weighted by molar-refractivity contribution is 7.46. The Balaban J connectivity index is 2.68. The van der Waals surface area contributed by atoms with E-state index < -0.39 is 41.8 Å². The molecule has 0 spiro atoms. The number of benzene rings is 1. The van der Waals surface area contributed by atoms with Gasteiger partial charge in [0, 0.05) is 28.4 Å². The molecule has 11 nitrogen and oxygen atoms in total. The zero-order valence-electron chi connectivity index (χ0n) is 23.2. The second kappa shape index (κ2) is 13.9. The zero-order valence-corrected chi connectivity index (χ0v) is 27.6. The molecular formula is C24H35Cl2N2O9PSi2. The molecule has 0 radical (unpaired) electrons. The van der Waals surface area contributed by atoms with Gasteiger partial charge in [-0.1, -0.05) is 62.5 Å². The largest absolute Gasteiger partial charge is 0.524 e. The van der Waals surface area contributed by atoms with Crippen LogP contribution in [0.25, 0.3) is 0 Å². The minimum Gasteiger partial charge on any atom is -0.404 e. The number of aromatic nitrogens is 1. The molecule has 0 saturated heterocycles. The zero-order chi connectivity index (χ0) is 30.4. The minimum absolute atomic E-state index is 0.0406. The van der Waals surface area contributed by atoms with Crippen LogP contribution in [-0.4, -0.2) is 56.5 Å². The first-order chi connectivity index (χ1) is 18.3. The molecule has 222 valence electrons. The van der Waals surface area contributed by atoms with Crippen LogP contribution in [0.15, 0.2) is 30.5 Å². The van der Waals surface area contributed by atoms with Crippen molar-refractivity contribution in [1.82, 2.24) is 4.98 Å². The summed E-state index contributed by atoms with van der Waals surface area (Å²) in [7, 11) is -8.49. The van der Waals surface area contributed by atoms with Gasteiger partial charge in [-0.05, 0) is 30.3 Å². The van der Waals surface area contributed by atoms with E-state index in [9.17, 15) is 23.9 Å². The molecule has 0 aliphatic carbocycles. The lowest BCUT2D eigenvalue weighted by Crippen LogP contribution is -2.42. The fourth-order valence-corrected chi connectivity index (χ4v) is 5.29. The Hall–Kier alpha value is -1.81. The number of hydrogen-bond donors (Lipinski definition) is 3. The molecule has 1 heterocycles. The molecule has 2 rings (SSSR count). The van der Waals surface area contributed by atoms with E-state index in [1.807, 2.05) is 0 Å². The summed E-state index contributed by atoms with van der Waals surface area (Å²) < 4.78 is 34.8. The van der Waals surface area contributed by atoms with E-state index in [-0.39, 0.29) is 40.2 Å². The van der Waals surface area contributed by atoms with Crippen LogP contribution in [0.4, 0.5) is 10.5 Å². The quantitative estimate of drug-likeness (QED) is 0.0865. The number of rotatable bonds is 14. The maximum absolute atomic E-state index is 13.3. The van der Waals surface area contributed by atoms with Crippen LogP contribution in [0.1, 0.15) is 16.1 Å². The van der Waals surface area contributed by atoms with Crippen molar-refractivity contribution in [2.45, 2.75) is 57.3 Å². The average Bonchev–Trinajstić information content (AvgIpc) is 2.78. The molecule has 0 unspecified atom stereocenters. The van der Waals surface area contributed by atoms with Crippen LogP contribution in [0.5, 0.6) is 5.75 Å². The van der Waals surface area contributed by atoms with Crippen LogP contribution < -0.4 is 9.84 Å². The molecule has 40 heavy (non-hydrogen) atoms. The summed E-state index contributed by atoms with van der Waals surface area (Å²) in [5.74, 6) is -2.84. The van der Waals surface area contributed by atoms with E-state index in [0.29, 0.717) is 18.4 Å². The highest BCUT2D eigenvalue weighted by atomic mass is 35.5. The highest BCUT2D eigenvalue weighted by Crippen LogP contribution is 2.47. The summed E-state index contributed by atoms with van der Waals surface area (Å²) in [4.78, 5) is 47.8. The van der Waals surface area contributed by atoms with Gasteiger partial charge < -0.3 is 18.7 Å². The fourth-order valence-electron chi connectivity index (χ4n) is 3.14. The third-order valence-electron chi connectivity index (χ3n) is 5.27. The molecule has 0 bridgehead atoms. The number of amides is 1. The smallest absolute Gasteiger partial charge is 0.404 e. The number of phosphoric ester groups is 1. The third-order valence-corrected chi connectivity index (χ3v) is 9.84. The number of halogens is 2. The van der Waals surface area contributed by atoms with Gasteiger partial charge in [-0.2, -0.15) is 0 Å². The Morgan fingerprint density at radius 1 is 1.05 bits per heavy atom. The van der Waals surface area contributed by atoms with E-state index in [1.165, 1.54) is 24.4 Å². The predicted molar refractivity (Wildman–Crippen MR) is 159 cm³/mol. The van der Waals surface area contributed by atoms with Gasteiger partial charge in [0.1, 0.15) is 11.4 Å². The van der Waals surface area contributed by atoms with Crippen LogP contribution in [0.2, 0.25) is 61.4 Å². The van der Waals surface area contributed by atoms with Crippen LogP contribution in [0.3, 0.4) is 0 Å². The molecular weight excluding hydrogens is 618 g/mol. The number of nitrogens with one attached hydrogen (secondary N) is 1. The molecule has 3 N–H and O–H groups in total. The molecule has 16 heteroatoms. The lowest BCUT2D eigenvalue weighted by atomic mass is 10.1. The maximum Gasteiger partial charge on any atom is 0.524 e. The van der Waals surface area contributed by atoms with Crippen molar-refractivity contribution in [1.29, 1.82) is 0 Å². The Labute approximate surface area is 245 Å². The lowest BCUT2D eigenvalue weighted by Gasteiger charge is -2.35. The van der Waals surface area contributed by atoms with Crippen LogP contribution >= 0.6 is 31.0 Å². The van der Waals surface area contributed by atoms with Crippen molar-refractivity contribution >= 4 is 65.2 Å². The lowest BCUT2D eigenvalue weighted by molar-refractivity contribution is -0.364. The van der Waals surface area contributed by atoms with E-state index in [0.717, 1.165) is 6.07 Å². The van der Waals surface area contributed by atoms with Crippen molar-refractivity contribution in [3.8, 4) is 5.75 Å². The summed E-state index contributed by atoms with van der Waals surface area (Å²) in [5, 5.41) is 2.32. The number of carbonyl (C=O) groups is 2. The van der Waals surface area contributed by atoms with Crippen LogP contribution in [0, 0.1) is 0 Å². The number of anilines is 1. The molecule has 0 aliphatic heterocycles. The Kier molecular flexibility index (Phi) is 12.0. The van der Waals surface area contributed by atoms with Crippen molar-refractivity contribution in [2.75, 3.05) is 18.5 Å². The number of phosphoric acid groups is 1. The molecule has 0 aliphatic rings. The van der Waals surface area contributed by atoms with Gasteiger partial charge in [-0.3, -0.25) is 24.9 Å². The Bertz CT molecular complexity index is 1230. The summed E-state index contributed by atoms with van der Waals surface area (Å²) >= 11 is 12.4. The molecule has 2 aromatic rings. The summed E-state index contributed by atoms with van der Waals surface area (Å²) in [6, 6.07) is 6.46. The number of nitrogens with zero attached hydrogens (tertiary/aromatic N) is 1. The maximum atomic E-state index is 13.3. The van der Waals surface area contributed by atoms with Gasteiger partial charge >= 0.3 is 19.9 Å². The molecule has 0 saturated carbocycles. The predicted octanol–water partition coefficient (Wildman–Crippen LogP) is 6.74. The summed E-state index contributed by atoms with van der Waals surface area (Å²) in [6.45, 7) is 12.8. The first kappa shape index (κ1) is 34.4. The van der Waals surface area contributed by atoms with Gasteiger partial charge in [0.25, 0.3) is 0 Å². The highest BCUT2D eigenvalue weighted by Gasteiger charge is 2.45. The Morgan fingerprint density at radius 2 is 1.60 bits per heavy atom. The van der Waals surface area contributed by atoms with Gasteiger partial charge in [-0.15, -0.1) is 0 Å². The van der Waals surface area contributed by atoms with E-state index in [4.69, 9.17) is 41.9 Å². The second-order valence-electron chi connectivity index (χ2n) is 11.3. The monoisotopic (exact) mass is 652 g/mol. The van der Waals surface area contributed by atoms with E-state index >= 15 is 0 Å². The molecule has 1 aromatic heterocycles. The van der Waals surface area contributed by atoms with E-state index in [2.05, 4.69) is 49.6 Å². The number of hydrogen-bond acceptors (Lipinski definition) is 8. The molecule has 0 fully saturated rings. The van der Waals surface area contributed by atoms with Gasteiger partial charge in [0.05, 0.1) is 34.5 Å². The first-order valence-corrected chi connectivity index (χ1v) is 22.0. The number of aldehydes is 1. The van der Waals surface area contributed by atoms with E-state index in [1.54, 1.807) is 0 Å². The van der Waals surface area contributed by atoms with Crippen molar-refractivity contribution in [2.24, 2.45) is 0 Å². The SMILES string of the molecule is C[Si](C)(C)CCOC(OCC[Si](C)(C)C)(OC(=O)Nc1cccnc1C=O)c1cc(Cl)c(Cl)cc1OP(=O)(O)O. The van der Waals surface area contributed by atoms with Gasteiger partial charge in [0.2, 0.25) is 0 Å². The normalized spacial score (nSPS) is 12.7. The summed E-state index contributed by atoms with van der Waals surface area (Å²) in [5.41, 5.74) is -0.223. The van der Waals surface area contributed by atoms with Crippen molar-refractivity contribution in [3.05, 3.63) is 51.8 Å². The van der Waals surface area contributed by atoms with Crippen molar-refractivity contribution < 1.29 is 42.7 Å². The van der Waals surface area contributed by atoms with Crippen LogP contribution in [-0.2, 0) is 24.7 Å². The Morgan fingerprint density at radius 3 is 2.10 bits per heavy atom. The number of ether oxygens (including phenoxy) is 3. The minimum atomic E-state index is -5.13. The second-order valence-corrected chi connectivity index (χ2v) is 24.5. The fraction of sp³-hybridized carbons (Fsp3) is 0.458. The number of carbonyl (C=O) groups excluding carboxylic acids is 2. The average molecular weight is 654 g/mol. The third kappa shape index (κ3) is 11.2. The topological polar surface area (TPSA) is 154 Å². The first-order valence-electron chi connectivity index (χ1n) is 12.3. The molecule has 1 aromatic carbocycles. The standard InChI is InChI=1S/C24H35Cl2N2O9PSi2/c1-39(2,3)12-10-34-24(35-11-13-40(4,5)6,36-23(30)28-20-8-7-9-27-21(20)16-29)17-14-18(25)19(26)15-22(17)37-38(31,32)33/h7-9,14-16H,10-13H2,1-6H3,(H,28,30)(H2,31,32,33). The van der Waals surface area contributed by atoms with Gasteiger partial charge in [-0.25, -0.2) is 9.36 Å². The molecule has 0 atom stereocenters.